The first kappa shape index (κ1) is 7.37. The molecule has 0 aromatic heterocycles. The average molecular weight is 165 g/mol. The lowest BCUT2D eigenvalue weighted by Gasteiger charge is -2.56. The smallest absolute Gasteiger partial charge is 0.0126 e. The summed E-state index contributed by atoms with van der Waals surface area (Å²) in [5, 5.41) is 0. The van der Waals surface area contributed by atoms with Crippen LogP contribution in [-0.4, -0.2) is 24.0 Å². The summed E-state index contributed by atoms with van der Waals surface area (Å²) in [6.45, 7) is 0. The molecule has 1 heteroatoms. The van der Waals surface area contributed by atoms with Crippen LogP contribution in [0, 0.1) is 11.8 Å². The van der Waals surface area contributed by atoms with Crippen molar-refractivity contribution in [1.82, 2.24) is 4.90 Å². The third-order valence-electron chi connectivity index (χ3n) is 4.68. The van der Waals surface area contributed by atoms with Gasteiger partial charge in [-0.15, -0.1) is 0 Å². The minimum Gasteiger partial charge on any atom is -0.300 e. The molecular formula is C11H19N. The van der Waals surface area contributed by atoms with Gasteiger partial charge in [-0.2, -0.15) is 0 Å². The zero-order valence-electron chi connectivity index (χ0n) is 8.00. The Morgan fingerprint density at radius 2 is 2.00 bits per heavy atom. The van der Waals surface area contributed by atoms with Crippen molar-refractivity contribution in [1.29, 1.82) is 0 Å². The number of rotatable bonds is 0. The van der Waals surface area contributed by atoms with Crippen LogP contribution in [0.5, 0.6) is 0 Å². The average Bonchev–Trinajstić information content (AvgIpc) is 2.13. The third-order valence-corrected chi connectivity index (χ3v) is 4.68. The second-order valence-electron chi connectivity index (χ2n) is 5.05. The molecule has 0 amide bonds. The van der Waals surface area contributed by atoms with Crippen molar-refractivity contribution in [3.05, 3.63) is 0 Å². The van der Waals surface area contributed by atoms with Crippen molar-refractivity contribution in [2.45, 2.75) is 50.6 Å². The molecule has 4 rings (SSSR count). The van der Waals surface area contributed by atoms with Crippen LogP contribution in [0.1, 0.15) is 38.5 Å². The maximum absolute atomic E-state index is 2.70. The van der Waals surface area contributed by atoms with Gasteiger partial charge in [-0.25, -0.2) is 0 Å². The van der Waals surface area contributed by atoms with Gasteiger partial charge in [0.25, 0.3) is 0 Å². The summed E-state index contributed by atoms with van der Waals surface area (Å²) in [6.07, 6.45) is 9.11. The second kappa shape index (κ2) is 2.47. The fourth-order valence-electron chi connectivity index (χ4n) is 4.05. The first-order valence-corrected chi connectivity index (χ1v) is 5.58. The fourth-order valence-corrected chi connectivity index (χ4v) is 4.05. The monoisotopic (exact) mass is 165 g/mol. The number of hydrogen-bond donors (Lipinski definition) is 0. The Kier molecular flexibility index (Phi) is 1.52. The highest BCUT2D eigenvalue weighted by Crippen LogP contribution is 2.48. The fraction of sp³-hybridized carbons (Fsp3) is 1.00. The van der Waals surface area contributed by atoms with Crippen LogP contribution in [0.15, 0.2) is 0 Å². The van der Waals surface area contributed by atoms with Gasteiger partial charge in [0.1, 0.15) is 0 Å². The molecule has 12 heavy (non-hydrogen) atoms. The van der Waals surface area contributed by atoms with E-state index in [1.165, 1.54) is 25.7 Å². The molecule has 2 saturated carbocycles. The highest BCUT2D eigenvalue weighted by atomic mass is 15.2. The molecule has 0 N–H and O–H groups in total. The first-order chi connectivity index (χ1) is 5.86. The van der Waals surface area contributed by atoms with E-state index < -0.39 is 0 Å². The number of piperidine rings is 2. The van der Waals surface area contributed by atoms with Crippen LogP contribution in [0.3, 0.4) is 0 Å². The van der Waals surface area contributed by atoms with E-state index in [0.717, 1.165) is 23.9 Å². The molecule has 4 aliphatic rings. The largest absolute Gasteiger partial charge is 0.300 e. The molecule has 2 saturated heterocycles. The lowest BCUT2D eigenvalue weighted by Crippen LogP contribution is -2.58. The molecule has 4 bridgehead atoms. The molecule has 68 valence electrons. The predicted molar refractivity (Wildman–Crippen MR) is 50.0 cm³/mol. The summed E-state index contributed by atoms with van der Waals surface area (Å²) in [4.78, 5) is 2.70. The molecule has 0 unspecified atom stereocenters. The zero-order valence-corrected chi connectivity index (χ0v) is 8.00. The van der Waals surface area contributed by atoms with E-state index in [1.54, 1.807) is 12.8 Å². The number of fused-ring (bicyclic) bond motifs is 1. The van der Waals surface area contributed by atoms with Crippen molar-refractivity contribution in [3.8, 4) is 0 Å². The first-order valence-electron chi connectivity index (χ1n) is 5.58. The molecule has 0 spiro atoms. The predicted octanol–water partition coefficient (Wildman–Crippen LogP) is 2.27. The number of hydrogen-bond acceptors (Lipinski definition) is 1. The Bertz CT molecular complexity index is 181. The molecule has 4 fully saturated rings. The van der Waals surface area contributed by atoms with Gasteiger partial charge in [0.15, 0.2) is 0 Å². The van der Waals surface area contributed by atoms with Crippen LogP contribution < -0.4 is 0 Å². The molecule has 0 aromatic rings. The van der Waals surface area contributed by atoms with E-state index >= 15 is 0 Å². The van der Waals surface area contributed by atoms with Crippen molar-refractivity contribution < 1.29 is 0 Å². The van der Waals surface area contributed by atoms with E-state index in [4.69, 9.17) is 0 Å². The minimum atomic E-state index is 0.963. The molecule has 0 radical (unpaired) electrons. The summed E-state index contributed by atoms with van der Waals surface area (Å²) in [5.41, 5.74) is 0. The maximum atomic E-state index is 2.70. The molecule has 2 aliphatic heterocycles. The normalized spacial score (nSPS) is 52.8. The van der Waals surface area contributed by atoms with E-state index in [1.807, 2.05) is 0 Å². The zero-order chi connectivity index (χ0) is 8.13. The van der Waals surface area contributed by atoms with E-state index in [0.29, 0.717) is 0 Å². The van der Waals surface area contributed by atoms with Gasteiger partial charge in [-0.1, -0.05) is 12.8 Å². The van der Waals surface area contributed by atoms with Gasteiger partial charge in [0.05, 0.1) is 0 Å². The van der Waals surface area contributed by atoms with E-state index in [-0.39, 0.29) is 0 Å². The maximum Gasteiger partial charge on any atom is 0.0126 e. The van der Waals surface area contributed by atoms with Crippen molar-refractivity contribution in [2.75, 3.05) is 7.05 Å². The Morgan fingerprint density at radius 1 is 1.08 bits per heavy atom. The number of nitrogens with zero attached hydrogens (tertiary/aromatic N) is 1. The van der Waals surface area contributed by atoms with Crippen molar-refractivity contribution in [3.63, 3.8) is 0 Å². The SMILES string of the molecule is CN1[C@H]2CC[C@@H]3[C@@H](CCC[C@@H]31)C2. The molecule has 4 atom stereocenters. The topological polar surface area (TPSA) is 3.24 Å². The lowest BCUT2D eigenvalue weighted by molar-refractivity contribution is -0.0599. The summed E-state index contributed by atoms with van der Waals surface area (Å²) in [6, 6.07) is 1.95. The molecule has 1 nitrogen and oxygen atoms in total. The van der Waals surface area contributed by atoms with Crippen molar-refractivity contribution in [2.24, 2.45) is 11.8 Å². The Labute approximate surface area is 75.1 Å². The van der Waals surface area contributed by atoms with Crippen LogP contribution in [0.4, 0.5) is 0 Å². The minimum absolute atomic E-state index is 0.963. The highest BCUT2D eigenvalue weighted by molar-refractivity contribution is 5.00. The van der Waals surface area contributed by atoms with Crippen LogP contribution >= 0.6 is 0 Å². The lowest BCUT2D eigenvalue weighted by atomic mass is 9.62. The quantitative estimate of drug-likeness (QED) is 0.532. The Morgan fingerprint density at radius 3 is 2.83 bits per heavy atom. The van der Waals surface area contributed by atoms with Gasteiger partial charge in [-0.05, 0) is 44.6 Å². The van der Waals surface area contributed by atoms with Gasteiger partial charge in [0.2, 0.25) is 0 Å². The van der Waals surface area contributed by atoms with Gasteiger partial charge < -0.3 is 4.90 Å². The summed E-state index contributed by atoms with van der Waals surface area (Å²) in [5.74, 6) is 2.22. The van der Waals surface area contributed by atoms with Gasteiger partial charge >= 0.3 is 0 Å². The Hall–Kier alpha value is -0.0400. The second-order valence-corrected chi connectivity index (χ2v) is 5.05. The van der Waals surface area contributed by atoms with Crippen LogP contribution in [-0.2, 0) is 0 Å². The molecule has 2 aliphatic carbocycles. The van der Waals surface area contributed by atoms with Gasteiger partial charge in [-0.3, -0.25) is 0 Å². The molecule has 2 heterocycles. The van der Waals surface area contributed by atoms with E-state index in [9.17, 15) is 0 Å². The summed E-state index contributed by atoms with van der Waals surface area (Å²) >= 11 is 0. The van der Waals surface area contributed by atoms with Gasteiger partial charge in [0, 0.05) is 12.1 Å². The summed E-state index contributed by atoms with van der Waals surface area (Å²) in [7, 11) is 2.36. The van der Waals surface area contributed by atoms with Crippen LogP contribution in [0.2, 0.25) is 0 Å². The third kappa shape index (κ3) is 0.834. The summed E-state index contributed by atoms with van der Waals surface area (Å²) < 4.78 is 0. The Balaban J connectivity index is 1.91. The van der Waals surface area contributed by atoms with Crippen molar-refractivity contribution >= 4 is 0 Å². The van der Waals surface area contributed by atoms with E-state index in [2.05, 4.69) is 11.9 Å². The standard InChI is InChI=1S/C11H19N/c1-12-9-5-6-10-8(7-9)3-2-4-11(10)12/h8-11H,2-7H2,1H3/t8-,9-,10+,11-/m0/s1. The highest BCUT2D eigenvalue weighted by Gasteiger charge is 2.46. The van der Waals surface area contributed by atoms with Crippen LogP contribution in [0.25, 0.3) is 0 Å². The molecular weight excluding hydrogens is 146 g/mol. The molecule has 0 aromatic carbocycles.